The molecule has 0 radical (unpaired) electrons. The van der Waals surface area contributed by atoms with Gasteiger partial charge in [-0.15, -0.1) is 0 Å². The number of benzene rings is 1. The Morgan fingerprint density at radius 1 is 1.58 bits per heavy atom. The molecule has 1 rings (SSSR count). The molecule has 1 amide bonds. The predicted octanol–water partition coefficient (Wildman–Crippen LogP) is 2.28. The van der Waals surface area contributed by atoms with E-state index < -0.39 is 10.8 Å². The van der Waals surface area contributed by atoms with E-state index in [0.29, 0.717) is 5.56 Å². The van der Waals surface area contributed by atoms with Gasteiger partial charge in [-0.1, -0.05) is 12.1 Å². The summed E-state index contributed by atoms with van der Waals surface area (Å²) < 4.78 is 0. The number of para-hydroxylation sites is 1. The van der Waals surface area contributed by atoms with E-state index in [0.717, 1.165) is 0 Å². The van der Waals surface area contributed by atoms with Gasteiger partial charge in [-0.05, 0) is 19.9 Å². The highest BCUT2D eigenvalue weighted by atomic mass is 16.6. The molecule has 1 aromatic rings. The molecule has 0 aliphatic heterocycles. The van der Waals surface area contributed by atoms with Crippen LogP contribution in [-0.4, -0.2) is 28.8 Å². The van der Waals surface area contributed by atoms with Gasteiger partial charge in [0.2, 0.25) is 0 Å². The zero-order chi connectivity index (χ0) is 14.6. The first-order valence-electron chi connectivity index (χ1n) is 5.78. The average molecular weight is 261 g/mol. The first-order valence-corrected chi connectivity index (χ1v) is 5.78. The molecule has 100 valence electrons. The Kier molecular flexibility index (Phi) is 4.59. The number of nitro groups is 1. The monoisotopic (exact) mass is 261 g/mol. The summed E-state index contributed by atoms with van der Waals surface area (Å²) in [6.07, 6.45) is 0.182. The summed E-state index contributed by atoms with van der Waals surface area (Å²) in [5.74, 6) is -0.446. The molecular formula is C13H15N3O3. The molecule has 0 spiro atoms. The molecule has 0 saturated heterocycles. The quantitative estimate of drug-likeness (QED) is 0.614. The lowest BCUT2D eigenvalue weighted by atomic mass is 10.1. The van der Waals surface area contributed by atoms with Crippen molar-refractivity contribution in [2.24, 2.45) is 0 Å². The maximum atomic E-state index is 12.3. The van der Waals surface area contributed by atoms with Crippen molar-refractivity contribution in [2.45, 2.75) is 26.3 Å². The minimum absolute atomic E-state index is 0.0530. The fraction of sp³-hybridized carbons (Fsp3) is 0.385. The van der Waals surface area contributed by atoms with E-state index in [1.807, 2.05) is 6.07 Å². The van der Waals surface area contributed by atoms with E-state index in [4.69, 9.17) is 5.26 Å². The molecule has 0 N–H and O–H groups in total. The standard InChI is InChI=1S/C13H15N3O3/c1-9-5-4-6-11(12(9)16(18)19)13(17)15(3)10(2)7-8-14/h4-6,10H,7H2,1-3H3. The molecule has 0 aliphatic rings. The smallest absolute Gasteiger partial charge is 0.285 e. The van der Waals surface area contributed by atoms with Crippen LogP contribution in [0.4, 0.5) is 5.69 Å². The Bertz CT molecular complexity index is 549. The average Bonchev–Trinajstić information content (AvgIpc) is 2.36. The Hall–Kier alpha value is -2.42. The van der Waals surface area contributed by atoms with Crippen LogP contribution in [-0.2, 0) is 0 Å². The SMILES string of the molecule is Cc1cccc(C(=O)N(C)C(C)CC#N)c1[N+](=O)[O-]. The molecule has 1 unspecified atom stereocenters. The van der Waals surface area contributed by atoms with Gasteiger partial charge in [0.05, 0.1) is 17.4 Å². The second-order valence-electron chi connectivity index (χ2n) is 4.36. The minimum atomic E-state index is -0.550. The zero-order valence-electron chi connectivity index (χ0n) is 11.1. The van der Waals surface area contributed by atoms with Crippen molar-refractivity contribution in [1.29, 1.82) is 5.26 Å². The van der Waals surface area contributed by atoms with Crippen molar-refractivity contribution in [2.75, 3.05) is 7.05 Å². The van der Waals surface area contributed by atoms with Crippen LogP contribution in [0.15, 0.2) is 18.2 Å². The molecule has 6 nitrogen and oxygen atoms in total. The van der Waals surface area contributed by atoms with Crippen molar-refractivity contribution in [1.82, 2.24) is 4.90 Å². The van der Waals surface area contributed by atoms with Crippen molar-refractivity contribution in [3.05, 3.63) is 39.4 Å². The van der Waals surface area contributed by atoms with E-state index in [9.17, 15) is 14.9 Å². The number of hydrogen-bond donors (Lipinski definition) is 0. The van der Waals surface area contributed by atoms with Gasteiger partial charge in [0, 0.05) is 18.7 Å². The molecule has 0 aromatic heterocycles. The highest BCUT2D eigenvalue weighted by Crippen LogP contribution is 2.24. The second-order valence-corrected chi connectivity index (χ2v) is 4.36. The summed E-state index contributed by atoms with van der Waals surface area (Å²) >= 11 is 0. The first-order chi connectivity index (χ1) is 8.90. The number of nitriles is 1. The molecule has 1 aromatic carbocycles. The third-order valence-corrected chi connectivity index (χ3v) is 3.02. The summed E-state index contributed by atoms with van der Waals surface area (Å²) in [6, 6.07) is 6.32. The van der Waals surface area contributed by atoms with Gasteiger partial charge in [0.25, 0.3) is 11.6 Å². The predicted molar refractivity (Wildman–Crippen MR) is 69.6 cm³/mol. The molecule has 19 heavy (non-hydrogen) atoms. The summed E-state index contributed by atoms with van der Waals surface area (Å²) in [5, 5.41) is 19.7. The third kappa shape index (κ3) is 3.07. The molecule has 6 heteroatoms. The first kappa shape index (κ1) is 14.6. The number of hydrogen-bond acceptors (Lipinski definition) is 4. The maximum Gasteiger partial charge on any atom is 0.285 e. The third-order valence-electron chi connectivity index (χ3n) is 3.02. The van der Waals surface area contributed by atoms with Crippen molar-refractivity contribution >= 4 is 11.6 Å². The van der Waals surface area contributed by atoms with E-state index in [1.165, 1.54) is 18.0 Å². The molecular weight excluding hydrogens is 246 g/mol. The number of nitro benzene ring substituents is 1. The van der Waals surface area contributed by atoms with Crippen molar-refractivity contribution < 1.29 is 9.72 Å². The second kappa shape index (κ2) is 5.96. The largest absolute Gasteiger partial charge is 0.338 e. The number of carbonyl (C=O) groups excluding carboxylic acids is 1. The highest BCUT2D eigenvalue weighted by Gasteiger charge is 2.26. The van der Waals surface area contributed by atoms with E-state index in [-0.39, 0.29) is 23.7 Å². The molecule has 0 heterocycles. The summed E-state index contributed by atoms with van der Waals surface area (Å²) in [5.41, 5.74) is 0.318. The Balaban J connectivity index is 3.17. The van der Waals surface area contributed by atoms with Gasteiger partial charge in [0.15, 0.2) is 0 Å². The molecule has 1 atom stereocenters. The Morgan fingerprint density at radius 2 is 2.21 bits per heavy atom. The molecule has 0 aliphatic carbocycles. The van der Waals surface area contributed by atoms with Crippen LogP contribution in [0, 0.1) is 28.4 Å². The van der Waals surface area contributed by atoms with Gasteiger partial charge in [-0.25, -0.2) is 0 Å². The van der Waals surface area contributed by atoms with Gasteiger partial charge in [-0.2, -0.15) is 5.26 Å². The van der Waals surface area contributed by atoms with Crippen LogP contribution >= 0.6 is 0 Å². The Labute approximate surface area is 111 Å². The van der Waals surface area contributed by atoms with E-state index in [1.54, 1.807) is 26.0 Å². The topological polar surface area (TPSA) is 87.2 Å². The fourth-order valence-corrected chi connectivity index (χ4v) is 1.73. The van der Waals surface area contributed by atoms with Crippen LogP contribution in [0.5, 0.6) is 0 Å². The highest BCUT2D eigenvalue weighted by molar-refractivity contribution is 5.98. The minimum Gasteiger partial charge on any atom is -0.338 e. The van der Waals surface area contributed by atoms with Gasteiger partial charge in [-0.3, -0.25) is 14.9 Å². The summed E-state index contributed by atoms with van der Waals surface area (Å²) in [7, 11) is 1.54. The molecule has 0 bridgehead atoms. The lowest BCUT2D eigenvalue weighted by molar-refractivity contribution is -0.385. The molecule has 0 saturated carbocycles. The van der Waals surface area contributed by atoms with Crippen molar-refractivity contribution in [3.63, 3.8) is 0 Å². The van der Waals surface area contributed by atoms with Gasteiger partial charge in [0.1, 0.15) is 5.56 Å². The van der Waals surface area contributed by atoms with Crippen LogP contribution in [0.3, 0.4) is 0 Å². The lowest BCUT2D eigenvalue weighted by Gasteiger charge is -2.23. The van der Waals surface area contributed by atoms with Crippen LogP contribution in [0.1, 0.15) is 29.3 Å². The lowest BCUT2D eigenvalue weighted by Crippen LogP contribution is -2.35. The van der Waals surface area contributed by atoms with Crippen LogP contribution in [0.25, 0.3) is 0 Å². The van der Waals surface area contributed by atoms with E-state index >= 15 is 0 Å². The van der Waals surface area contributed by atoms with Crippen LogP contribution in [0.2, 0.25) is 0 Å². The number of rotatable bonds is 4. The number of nitrogens with zero attached hydrogens (tertiary/aromatic N) is 3. The van der Waals surface area contributed by atoms with Crippen LogP contribution < -0.4 is 0 Å². The number of carbonyl (C=O) groups is 1. The van der Waals surface area contributed by atoms with Crippen molar-refractivity contribution in [3.8, 4) is 6.07 Å². The fourth-order valence-electron chi connectivity index (χ4n) is 1.73. The van der Waals surface area contributed by atoms with E-state index in [2.05, 4.69) is 0 Å². The summed E-state index contributed by atoms with van der Waals surface area (Å²) in [4.78, 5) is 24.1. The maximum absolute atomic E-state index is 12.3. The molecule has 0 fully saturated rings. The summed E-state index contributed by atoms with van der Waals surface area (Å²) in [6.45, 7) is 3.32. The number of amides is 1. The normalized spacial score (nSPS) is 11.5. The van der Waals surface area contributed by atoms with Gasteiger partial charge >= 0.3 is 0 Å². The number of aryl methyl sites for hydroxylation is 1. The Morgan fingerprint density at radius 3 is 2.74 bits per heavy atom. The van der Waals surface area contributed by atoms with Gasteiger partial charge < -0.3 is 4.90 Å². The zero-order valence-corrected chi connectivity index (χ0v) is 11.1.